The number of amides is 1. The van der Waals surface area contributed by atoms with Gasteiger partial charge in [0.15, 0.2) is 11.6 Å². The maximum absolute atomic E-state index is 12.0. The Balaban J connectivity index is 1.81. The zero-order valence-electron chi connectivity index (χ0n) is 13.0. The number of nitrogens with one attached hydrogen (secondary N) is 2. The molecule has 2 heterocycles. The summed E-state index contributed by atoms with van der Waals surface area (Å²) < 4.78 is 5.47. The molecule has 1 aromatic heterocycles. The summed E-state index contributed by atoms with van der Waals surface area (Å²) in [5.41, 5.74) is 0.384. The van der Waals surface area contributed by atoms with Gasteiger partial charge in [0.25, 0.3) is 5.91 Å². The van der Waals surface area contributed by atoms with Gasteiger partial charge in [-0.25, -0.2) is 4.98 Å². The van der Waals surface area contributed by atoms with E-state index in [1.807, 2.05) is 0 Å². The summed E-state index contributed by atoms with van der Waals surface area (Å²) in [6, 6.07) is 0. The molecule has 1 amide bonds. The summed E-state index contributed by atoms with van der Waals surface area (Å²) in [7, 11) is 0. The van der Waals surface area contributed by atoms with Crippen molar-refractivity contribution in [3.63, 3.8) is 0 Å². The van der Waals surface area contributed by atoms with Crippen LogP contribution in [0.15, 0.2) is 10.7 Å². The zero-order chi connectivity index (χ0) is 15.1. The third kappa shape index (κ3) is 4.54. The molecule has 6 nitrogen and oxygen atoms in total. The van der Waals surface area contributed by atoms with E-state index in [4.69, 9.17) is 4.42 Å². The Hall–Kier alpha value is -1.40. The normalized spacial score (nSPS) is 18.9. The molecule has 1 aromatic rings. The Kier molecular flexibility index (Phi) is 6.20. The van der Waals surface area contributed by atoms with Crippen molar-refractivity contribution < 1.29 is 9.21 Å². The van der Waals surface area contributed by atoms with Crippen LogP contribution in [0.5, 0.6) is 0 Å². The number of carbonyl (C=O) groups is 1. The van der Waals surface area contributed by atoms with Crippen molar-refractivity contribution in [2.75, 3.05) is 39.3 Å². The number of hydrogen-bond donors (Lipinski definition) is 2. The summed E-state index contributed by atoms with van der Waals surface area (Å²) in [5.74, 6) is 0.813. The topological polar surface area (TPSA) is 70.4 Å². The molecule has 0 saturated carbocycles. The third-order valence-corrected chi connectivity index (χ3v) is 4.01. The first-order chi connectivity index (χ1) is 10.2. The maximum Gasteiger partial charge on any atom is 0.273 e. The van der Waals surface area contributed by atoms with Crippen LogP contribution in [0.4, 0.5) is 0 Å². The molecule has 1 unspecified atom stereocenters. The van der Waals surface area contributed by atoms with Crippen LogP contribution in [0, 0.1) is 0 Å². The van der Waals surface area contributed by atoms with Crippen LogP contribution in [0.25, 0.3) is 0 Å². The first-order valence-electron chi connectivity index (χ1n) is 7.91. The van der Waals surface area contributed by atoms with Gasteiger partial charge in [0.2, 0.25) is 0 Å². The Morgan fingerprint density at radius 3 is 3.00 bits per heavy atom. The van der Waals surface area contributed by atoms with Gasteiger partial charge in [-0.3, -0.25) is 4.79 Å². The van der Waals surface area contributed by atoms with Crippen molar-refractivity contribution in [2.45, 2.75) is 32.6 Å². The SMILES string of the molecule is CCN(CC)CCNC(=O)c1coc(C2CCCNC2)n1. The van der Waals surface area contributed by atoms with Crippen LogP contribution in [0.3, 0.4) is 0 Å². The number of likely N-dealkylation sites (N-methyl/N-ethyl adjacent to an activating group) is 1. The lowest BCUT2D eigenvalue weighted by Gasteiger charge is -2.19. The molecule has 6 heteroatoms. The minimum absolute atomic E-state index is 0.152. The van der Waals surface area contributed by atoms with Gasteiger partial charge < -0.3 is 20.0 Å². The van der Waals surface area contributed by atoms with Gasteiger partial charge >= 0.3 is 0 Å². The number of rotatable bonds is 7. The smallest absolute Gasteiger partial charge is 0.273 e. The molecule has 0 aromatic carbocycles. The molecular formula is C15H26N4O2. The van der Waals surface area contributed by atoms with E-state index < -0.39 is 0 Å². The number of oxazole rings is 1. The third-order valence-electron chi connectivity index (χ3n) is 4.01. The highest BCUT2D eigenvalue weighted by Crippen LogP contribution is 2.22. The lowest BCUT2D eigenvalue weighted by atomic mass is 10.00. The molecule has 0 aliphatic carbocycles. The second kappa shape index (κ2) is 8.14. The summed E-state index contributed by atoms with van der Waals surface area (Å²) >= 11 is 0. The first-order valence-corrected chi connectivity index (χ1v) is 7.91. The van der Waals surface area contributed by atoms with Crippen LogP contribution in [-0.2, 0) is 0 Å². The van der Waals surface area contributed by atoms with E-state index in [2.05, 4.69) is 34.4 Å². The summed E-state index contributed by atoms with van der Waals surface area (Å²) in [6.45, 7) is 9.65. The summed E-state index contributed by atoms with van der Waals surface area (Å²) in [6.07, 6.45) is 3.66. The van der Waals surface area contributed by atoms with Gasteiger partial charge in [0.1, 0.15) is 6.26 Å². The van der Waals surface area contributed by atoms with Crippen molar-refractivity contribution in [1.82, 2.24) is 20.5 Å². The fourth-order valence-electron chi connectivity index (χ4n) is 2.60. The Bertz CT molecular complexity index is 437. The van der Waals surface area contributed by atoms with Crippen LogP contribution in [-0.4, -0.2) is 55.1 Å². The van der Waals surface area contributed by atoms with Crippen LogP contribution in [0.2, 0.25) is 0 Å². The van der Waals surface area contributed by atoms with Crippen molar-refractivity contribution >= 4 is 5.91 Å². The lowest BCUT2D eigenvalue weighted by Crippen LogP contribution is -2.35. The highest BCUT2D eigenvalue weighted by Gasteiger charge is 2.21. The molecule has 2 rings (SSSR count). The van der Waals surface area contributed by atoms with Crippen molar-refractivity contribution in [2.24, 2.45) is 0 Å². The second-order valence-corrected chi connectivity index (χ2v) is 5.40. The molecule has 0 bridgehead atoms. The fourth-order valence-corrected chi connectivity index (χ4v) is 2.60. The molecule has 2 N–H and O–H groups in total. The van der Waals surface area contributed by atoms with Crippen LogP contribution < -0.4 is 10.6 Å². The van der Waals surface area contributed by atoms with Crippen LogP contribution >= 0.6 is 0 Å². The van der Waals surface area contributed by atoms with Gasteiger partial charge in [0.05, 0.1) is 0 Å². The predicted octanol–water partition coefficient (Wildman–Crippen LogP) is 1.21. The molecule has 0 radical (unpaired) electrons. The van der Waals surface area contributed by atoms with E-state index in [0.717, 1.165) is 45.6 Å². The molecule has 1 aliphatic rings. The van der Waals surface area contributed by atoms with Crippen molar-refractivity contribution in [3.8, 4) is 0 Å². The lowest BCUT2D eigenvalue weighted by molar-refractivity contribution is 0.0944. The average Bonchev–Trinajstić information content (AvgIpc) is 3.02. The van der Waals surface area contributed by atoms with Gasteiger partial charge in [-0.15, -0.1) is 0 Å². The largest absolute Gasteiger partial charge is 0.448 e. The number of nitrogens with zero attached hydrogens (tertiary/aromatic N) is 2. The van der Waals surface area contributed by atoms with Crippen molar-refractivity contribution in [1.29, 1.82) is 0 Å². The molecule has 118 valence electrons. The predicted molar refractivity (Wildman–Crippen MR) is 81.5 cm³/mol. The van der Waals surface area contributed by atoms with Gasteiger partial charge in [-0.05, 0) is 32.5 Å². The van der Waals surface area contributed by atoms with Gasteiger partial charge in [-0.1, -0.05) is 13.8 Å². The number of aromatic nitrogens is 1. The Labute approximate surface area is 126 Å². The van der Waals surface area contributed by atoms with E-state index >= 15 is 0 Å². The second-order valence-electron chi connectivity index (χ2n) is 5.40. The minimum atomic E-state index is -0.152. The summed E-state index contributed by atoms with van der Waals surface area (Å²) in [5, 5.41) is 6.22. The fraction of sp³-hybridized carbons (Fsp3) is 0.733. The minimum Gasteiger partial charge on any atom is -0.448 e. The van der Waals surface area contributed by atoms with Gasteiger partial charge in [-0.2, -0.15) is 0 Å². The maximum atomic E-state index is 12.0. The van der Waals surface area contributed by atoms with Gasteiger partial charge in [0, 0.05) is 25.6 Å². The van der Waals surface area contributed by atoms with E-state index in [0.29, 0.717) is 18.1 Å². The van der Waals surface area contributed by atoms with E-state index in [-0.39, 0.29) is 11.8 Å². The molecular weight excluding hydrogens is 268 g/mol. The van der Waals surface area contributed by atoms with E-state index in [1.165, 1.54) is 6.26 Å². The Morgan fingerprint density at radius 2 is 2.33 bits per heavy atom. The number of hydrogen-bond acceptors (Lipinski definition) is 5. The molecule has 0 spiro atoms. The quantitative estimate of drug-likeness (QED) is 0.791. The molecule has 1 aliphatic heterocycles. The number of piperidine rings is 1. The molecule has 1 saturated heterocycles. The highest BCUT2D eigenvalue weighted by atomic mass is 16.3. The van der Waals surface area contributed by atoms with E-state index in [9.17, 15) is 4.79 Å². The van der Waals surface area contributed by atoms with E-state index in [1.54, 1.807) is 0 Å². The summed E-state index contributed by atoms with van der Waals surface area (Å²) in [4.78, 5) is 18.6. The molecule has 21 heavy (non-hydrogen) atoms. The Morgan fingerprint density at radius 1 is 1.52 bits per heavy atom. The zero-order valence-corrected chi connectivity index (χ0v) is 13.0. The average molecular weight is 294 g/mol. The molecule has 1 atom stereocenters. The van der Waals surface area contributed by atoms with Crippen LogP contribution in [0.1, 0.15) is 49.0 Å². The number of carbonyl (C=O) groups excluding carboxylic acids is 1. The monoisotopic (exact) mass is 294 g/mol. The standard InChI is InChI=1S/C15H26N4O2/c1-3-19(4-2)9-8-17-14(20)13-11-21-15(18-13)12-6-5-7-16-10-12/h11-12,16H,3-10H2,1-2H3,(H,17,20). The first kappa shape index (κ1) is 16.0. The highest BCUT2D eigenvalue weighted by molar-refractivity contribution is 5.91. The van der Waals surface area contributed by atoms with Crippen molar-refractivity contribution in [3.05, 3.63) is 17.8 Å². The molecule has 1 fully saturated rings.